The number of anilines is 2. The molecule has 1 heterocycles. The summed E-state index contributed by atoms with van der Waals surface area (Å²) in [6.45, 7) is 0. The van der Waals surface area contributed by atoms with Crippen LogP contribution in [-0.4, -0.2) is 28.1 Å². The fraction of sp³-hybridized carbons (Fsp3) is 0.0625. The molecule has 0 fully saturated rings. The molecule has 0 saturated heterocycles. The summed E-state index contributed by atoms with van der Waals surface area (Å²) in [5.74, 6) is -0.0755. The molecule has 0 atom stereocenters. The largest absolute Gasteiger partial charge is 0.495 e. The molecule has 0 aliphatic heterocycles. The van der Waals surface area contributed by atoms with E-state index in [4.69, 9.17) is 10.5 Å². The topological polar surface area (TPSA) is 133 Å². The second-order valence-electron chi connectivity index (χ2n) is 5.10. The zero-order valence-electron chi connectivity index (χ0n) is 13.9. The number of hydrogen-bond donors (Lipinski definition) is 2. The summed E-state index contributed by atoms with van der Waals surface area (Å²) in [6, 6.07) is 11.4. The van der Waals surface area contributed by atoms with Gasteiger partial charge in [0, 0.05) is 11.6 Å². The molecule has 0 saturated carbocycles. The molecule has 138 valence electrons. The van der Waals surface area contributed by atoms with Crippen LogP contribution in [0.5, 0.6) is 5.75 Å². The van der Waals surface area contributed by atoms with Gasteiger partial charge in [-0.1, -0.05) is 23.5 Å². The number of aromatic nitrogens is 2. The number of primary amides is 1. The van der Waals surface area contributed by atoms with E-state index in [9.17, 15) is 14.9 Å². The third-order valence-electron chi connectivity index (χ3n) is 3.39. The molecule has 0 bridgehead atoms. The first kappa shape index (κ1) is 18.6. The van der Waals surface area contributed by atoms with Crippen LogP contribution in [0.25, 0.3) is 0 Å². The van der Waals surface area contributed by atoms with E-state index in [1.165, 1.54) is 23.5 Å². The lowest BCUT2D eigenvalue weighted by atomic mass is 10.2. The Morgan fingerprint density at radius 3 is 2.78 bits per heavy atom. The van der Waals surface area contributed by atoms with Gasteiger partial charge in [-0.3, -0.25) is 14.9 Å². The van der Waals surface area contributed by atoms with Gasteiger partial charge in [-0.2, -0.15) is 0 Å². The molecule has 0 aliphatic carbocycles. The van der Waals surface area contributed by atoms with Crippen molar-refractivity contribution in [2.24, 2.45) is 5.73 Å². The number of carbonyl (C=O) groups is 1. The number of nitrogens with two attached hydrogens (primary N) is 1. The summed E-state index contributed by atoms with van der Waals surface area (Å²) < 4.78 is 5.77. The van der Waals surface area contributed by atoms with Crippen molar-refractivity contribution in [2.75, 3.05) is 12.4 Å². The minimum absolute atomic E-state index is 0.0712. The Labute approximate surface area is 161 Å². The van der Waals surface area contributed by atoms with Crippen LogP contribution in [0.2, 0.25) is 0 Å². The number of nitro benzene ring substituents is 1. The van der Waals surface area contributed by atoms with E-state index in [-0.39, 0.29) is 11.3 Å². The predicted molar refractivity (Wildman–Crippen MR) is 102 cm³/mol. The van der Waals surface area contributed by atoms with E-state index >= 15 is 0 Å². The first-order chi connectivity index (χ1) is 13.0. The van der Waals surface area contributed by atoms with Gasteiger partial charge in [0.25, 0.3) is 5.69 Å². The van der Waals surface area contributed by atoms with Crippen LogP contribution in [0.4, 0.5) is 16.5 Å². The normalized spacial score (nSPS) is 10.4. The van der Waals surface area contributed by atoms with Crippen molar-refractivity contribution >= 4 is 45.5 Å². The Morgan fingerprint density at radius 2 is 2.07 bits per heavy atom. The second-order valence-corrected chi connectivity index (χ2v) is 7.37. The molecule has 0 spiro atoms. The minimum Gasteiger partial charge on any atom is -0.495 e. The molecule has 3 N–H and O–H groups in total. The number of para-hydroxylation sites is 2. The third kappa shape index (κ3) is 4.33. The number of methoxy groups -OCH3 is 1. The van der Waals surface area contributed by atoms with Crippen molar-refractivity contribution in [1.29, 1.82) is 0 Å². The molecular formula is C16H13N5O4S2. The van der Waals surface area contributed by atoms with Gasteiger partial charge in [-0.15, -0.1) is 10.2 Å². The Balaban J connectivity index is 1.82. The quantitative estimate of drug-likeness (QED) is 0.453. The number of ether oxygens (including phenoxy) is 1. The molecule has 27 heavy (non-hydrogen) atoms. The maximum absolute atomic E-state index is 11.3. The van der Waals surface area contributed by atoms with Crippen LogP contribution in [0.3, 0.4) is 0 Å². The lowest BCUT2D eigenvalue weighted by Crippen LogP contribution is -2.11. The van der Waals surface area contributed by atoms with E-state index in [0.717, 1.165) is 23.5 Å². The fourth-order valence-corrected chi connectivity index (χ4v) is 3.96. The van der Waals surface area contributed by atoms with Crippen molar-refractivity contribution in [3.05, 3.63) is 58.1 Å². The van der Waals surface area contributed by atoms with Gasteiger partial charge in [0.1, 0.15) is 5.75 Å². The number of benzene rings is 2. The average Bonchev–Trinajstić information content (AvgIpc) is 3.09. The molecule has 0 unspecified atom stereocenters. The van der Waals surface area contributed by atoms with Crippen LogP contribution < -0.4 is 15.8 Å². The van der Waals surface area contributed by atoms with Crippen LogP contribution >= 0.6 is 23.1 Å². The first-order valence-corrected chi connectivity index (χ1v) is 9.11. The summed E-state index contributed by atoms with van der Waals surface area (Å²) in [6.07, 6.45) is 0. The van der Waals surface area contributed by atoms with Crippen LogP contribution in [0.1, 0.15) is 10.4 Å². The predicted octanol–water partition coefficient (Wildman–Crippen LogP) is 3.45. The maximum Gasteiger partial charge on any atom is 0.284 e. The van der Waals surface area contributed by atoms with Gasteiger partial charge >= 0.3 is 0 Å². The van der Waals surface area contributed by atoms with E-state index in [1.54, 1.807) is 7.11 Å². The monoisotopic (exact) mass is 403 g/mol. The molecule has 11 heteroatoms. The second kappa shape index (κ2) is 8.01. The average molecular weight is 403 g/mol. The number of nitrogens with zero attached hydrogens (tertiary/aromatic N) is 3. The number of amides is 1. The highest BCUT2D eigenvalue weighted by Gasteiger charge is 2.19. The van der Waals surface area contributed by atoms with Crippen molar-refractivity contribution in [1.82, 2.24) is 10.2 Å². The lowest BCUT2D eigenvalue weighted by Gasteiger charge is -2.07. The maximum atomic E-state index is 11.3. The fourth-order valence-electron chi connectivity index (χ4n) is 2.16. The number of nitrogens with one attached hydrogen (secondary N) is 1. The molecular weight excluding hydrogens is 390 g/mol. The highest BCUT2D eigenvalue weighted by molar-refractivity contribution is 8.01. The standard InChI is InChI=1S/C16H13N5O4S2/c1-25-12-5-3-2-4-10(12)18-15-19-20-16(27-15)26-13-7-6-9(14(17)22)8-11(13)21(23)24/h2-8H,1H3,(H2,17,22)(H,18,19). The molecule has 9 nitrogen and oxygen atoms in total. The van der Waals surface area contributed by atoms with Crippen molar-refractivity contribution in [2.45, 2.75) is 9.24 Å². The minimum atomic E-state index is -0.728. The van der Waals surface area contributed by atoms with Gasteiger partial charge in [-0.05, 0) is 36.0 Å². The molecule has 2 aromatic carbocycles. The zero-order chi connectivity index (χ0) is 19.4. The highest BCUT2D eigenvalue weighted by Crippen LogP contribution is 2.38. The Morgan fingerprint density at radius 1 is 1.30 bits per heavy atom. The Kier molecular flexibility index (Phi) is 5.52. The van der Waals surface area contributed by atoms with Gasteiger partial charge in [0.05, 0.1) is 22.6 Å². The van der Waals surface area contributed by atoms with Crippen molar-refractivity contribution in [3.8, 4) is 5.75 Å². The van der Waals surface area contributed by atoms with Gasteiger partial charge in [-0.25, -0.2) is 0 Å². The van der Waals surface area contributed by atoms with Crippen LogP contribution in [0, 0.1) is 10.1 Å². The molecule has 1 aromatic heterocycles. The van der Waals surface area contributed by atoms with Crippen molar-refractivity contribution in [3.63, 3.8) is 0 Å². The van der Waals surface area contributed by atoms with Crippen LogP contribution in [0.15, 0.2) is 51.7 Å². The van der Waals surface area contributed by atoms with E-state index in [0.29, 0.717) is 20.1 Å². The van der Waals surface area contributed by atoms with Crippen molar-refractivity contribution < 1.29 is 14.5 Å². The highest BCUT2D eigenvalue weighted by atomic mass is 32.2. The number of rotatable bonds is 7. The van der Waals surface area contributed by atoms with Gasteiger partial charge < -0.3 is 15.8 Å². The van der Waals surface area contributed by atoms with Gasteiger partial charge in [0.2, 0.25) is 11.0 Å². The molecule has 0 radical (unpaired) electrons. The summed E-state index contributed by atoms with van der Waals surface area (Å²) in [7, 11) is 1.57. The Bertz CT molecular complexity index is 1010. The van der Waals surface area contributed by atoms with E-state index in [2.05, 4.69) is 15.5 Å². The molecule has 0 aliphatic rings. The number of nitro groups is 1. The molecule has 3 aromatic rings. The molecule has 1 amide bonds. The third-order valence-corrected chi connectivity index (χ3v) is 5.35. The number of carbonyl (C=O) groups excluding carboxylic acids is 1. The summed E-state index contributed by atoms with van der Waals surface area (Å²) in [5.41, 5.74) is 5.76. The number of hydrogen-bond acceptors (Lipinski definition) is 9. The Hall–Kier alpha value is -3.18. The summed E-state index contributed by atoms with van der Waals surface area (Å²) in [5, 5.41) is 23.0. The zero-order valence-corrected chi connectivity index (χ0v) is 15.5. The molecule has 3 rings (SSSR count). The first-order valence-electron chi connectivity index (χ1n) is 7.47. The summed E-state index contributed by atoms with van der Waals surface area (Å²) in [4.78, 5) is 22.3. The van der Waals surface area contributed by atoms with E-state index < -0.39 is 10.8 Å². The lowest BCUT2D eigenvalue weighted by molar-refractivity contribution is -0.387. The SMILES string of the molecule is COc1ccccc1Nc1nnc(Sc2ccc(C(N)=O)cc2[N+](=O)[O-])s1. The van der Waals surface area contributed by atoms with Gasteiger partial charge in [0.15, 0.2) is 4.34 Å². The van der Waals surface area contributed by atoms with Crippen LogP contribution in [-0.2, 0) is 0 Å². The van der Waals surface area contributed by atoms with E-state index in [1.807, 2.05) is 24.3 Å². The summed E-state index contributed by atoms with van der Waals surface area (Å²) >= 11 is 2.32. The smallest absolute Gasteiger partial charge is 0.284 e.